The molecule has 0 aromatic heterocycles. The fraction of sp³-hybridized carbons (Fsp3) is 0.733. The Balaban J connectivity index is 2.07. The van der Waals surface area contributed by atoms with Gasteiger partial charge in [-0.1, -0.05) is 19.3 Å². The van der Waals surface area contributed by atoms with Crippen molar-refractivity contribution in [2.75, 3.05) is 20.8 Å². The SMILES string of the molecule is COC(=O)CNC(=O)CC1(C(=O)OC)NC2(CCCCC2)C1=O. The second-order valence-electron chi connectivity index (χ2n) is 6.02. The van der Waals surface area contributed by atoms with E-state index in [1.807, 2.05) is 0 Å². The Morgan fingerprint density at radius 1 is 1.13 bits per heavy atom. The van der Waals surface area contributed by atoms with Gasteiger partial charge in [-0.3, -0.25) is 19.7 Å². The molecule has 1 heterocycles. The van der Waals surface area contributed by atoms with Gasteiger partial charge in [0.05, 0.1) is 26.2 Å². The number of methoxy groups -OCH3 is 2. The maximum Gasteiger partial charge on any atom is 0.334 e. The minimum Gasteiger partial charge on any atom is -0.468 e. The summed E-state index contributed by atoms with van der Waals surface area (Å²) in [5, 5.41) is 5.38. The van der Waals surface area contributed by atoms with Crippen LogP contribution in [0.2, 0.25) is 0 Å². The Labute approximate surface area is 134 Å². The molecule has 1 saturated carbocycles. The topological polar surface area (TPSA) is 111 Å². The summed E-state index contributed by atoms with van der Waals surface area (Å²) in [7, 11) is 2.38. The molecule has 0 aromatic rings. The molecular weight excluding hydrogens is 304 g/mol. The molecule has 1 saturated heterocycles. The van der Waals surface area contributed by atoms with Crippen LogP contribution in [0.25, 0.3) is 0 Å². The number of hydrogen-bond donors (Lipinski definition) is 2. The minimum absolute atomic E-state index is 0.287. The van der Waals surface area contributed by atoms with Gasteiger partial charge in [-0.05, 0) is 12.8 Å². The van der Waals surface area contributed by atoms with Crippen LogP contribution in [0.15, 0.2) is 0 Å². The van der Waals surface area contributed by atoms with E-state index in [1.165, 1.54) is 14.2 Å². The molecule has 2 aliphatic rings. The zero-order valence-electron chi connectivity index (χ0n) is 13.4. The average Bonchev–Trinajstić information content (AvgIpc) is 2.58. The molecule has 1 amide bonds. The lowest BCUT2D eigenvalue weighted by Crippen LogP contribution is -2.84. The van der Waals surface area contributed by atoms with Crippen molar-refractivity contribution in [3.63, 3.8) is 0 Å². The predicted octanol–water partition coefficient (Wildman–Crippen LogP) is -0.547. The number of rotatable bonds is 5. The van der Waals surface area contributed by atoms with Gasteiger partial charge in [0.25, 0.3) is 0 Å². The quantitative estimate of drug-likeness (QED) is 0.515. The summed E-state index contributed by atoms with van der Waals surface area (Å²) >= 11 is 0. The third kappa shape index (κ3) is 3.08. The van der Waals surface area contributed by atoms with Crippen LogP contribution in [-0.4, -0.2) is 55.5 Å². The van der Waals surface area contributed by atoms with Crippen LogP contribution in [0.3, 0.4) is 0 Å². The first kappa shape index (κ1) is 17.4. The molecule has 8 heteroatoms. The molecule has 2 fully saturated rings. The van der Waals surface area contributed by atoms with Crippen LogP contribution < -0.4 is 10.6 Å². The molecular formula is C15H22N2O6. The second kappa shape index (κ2) is 6.66. The lowest BCUT2D eigenvalue weighted by molar-refractivity contribution is -0.170. The van der Waals surface area contributed by atoms with Gasteiger partial charge < -0.3 is 14.8 Å². The van der Waals surface area contributed by atoms with Gasteiger partial charge >= 0.3 is 11.9 Å². The zero-order valence-corrected chi connectivity index (χ0v) is 13.4. The van der Waals surface area contributed by atoms with Crippen molar-refractivity contribution >= 4 is 23.6 Å². The van der Waals surface area contributed by atoms with Crippen molar-refractivity contribution in [1.29, 1.82) is 0 Å². The lowest BCUT2D eigenvalue weighted by atomic mass is 9.62. The normalized spacial score (nSPS) is 25.4. The van der Waals surface area contributed by atoms with Crippen molar-refractivity contribution in [3.05, 3.63) is 0 Å². The van der Waals surface area contributed by atoms with E-state index in [9.17, 15) is 19.2 Å². The summed E-state index contributed by atoms with van der Waals surface area (Å²) in [6.07, 6.45) is 3.80. The number of amides is 1. The average molecular weight is 326 g/mol. The molecule has 0 aromatic carbocycles. The number of Topliss-reactive ketones (excluding diaryl/α,β-unsaturated/α-hetero) is 1. The van der Waals surface area contributed by atoms with Gasteiger partial charge in [0.1, 0.15) is 6.54 Å². The fourth-order valence-corrected chi connectivity index (χ4v) is 3.44. The molecule has 2 N–H and O–H groups in total. The Morgan fingerprint density at radius 2 is 1.78 bits per heavy atom. The summed E-state index contributed by atoms with van der Waals surface area (Å²) < 4.78 is 9.14. The maximum atomic E-state index is 12.8. The van der Waals surface area contributed by atoms with Crippen LogP contribution in [0.1, 0.15) is 38.5 Å². The molecule has 23 heavy (non-hydrogen) atoms. The van der Waals surface area contributed by atoms with Gasteiger partial charge in [-0.25, -0.2) is 4.79 Å². The van der Waals surface area contributed by atoms with Crippen molar-refractivity contribution in [2.45, 2.75) is 49.6 Å². The fourth-order valence-electron chi connectivity index (χ4n) is 3.44. The van der Waals surface area contributed by atoms with Gasteiger partial charge in [-0.15, -0.1) is 0 Å². The van der Waals surface area contributed by atoms with E-state index in [2.05, 4.69) is 15.4 Å². The number of carbonyl (C=O) groups is 4. The van der Waals surface area contributed by atoms with Crippen LogP contribution in [-0.2, 0) is 28.7 Å². The number of hydrogen-bond acceptors (Lipinski definition) is 7. The van der Waals surface area contributed by atoms with E-state index in [0.29, 0.717) is 12.8 Å². The molecule has 1 aliphatic carbocycles. The molecule has 1 atom stereocenters. The third-order valence-corrected chi connectivity index (χ3v) is 4.60. The smallest absolute Gasteiger partial charge is 0.334 e. The first-order chi connectivity index (χ1) is 10.9. The van der Waals surface area contributed by atoms with Gasteiger partial charge in [0.15, 0.2) is 11.3 Å². The van der Waals surface area contributed by atoms with E-state index < -0.39 is 35.3 Å². The van der Waals surface area contributed by atoms with Gasteiger partial charge in [-0.2, -0.15) is 0 Å². The Hall–Kier alpha value is -1.96. The first-order valence-corrected chi connectivity index (χ1v) is 7.66. The van der Waals surface area contributed by atoms with Crippen LogP contribution in [0, 0.1) is 0 Å². The highest BCUT2D eigenvalue weighted by molar-refractivity contribution is 6.20. The van der Waals surface area contributed by atoms with Crippen molar-refractivity contribution in [2.24, 2.45) is 0 Å². The molecule has 2 rings (SSSR count). The van der Waals surface area contributed by atoms with Crippen LogP contribution >= 0.6 is 0 Å². The molecule has 1 unspecified atom stereocenters. The number of nitrogens with one attached hydrogen (secondary N) is 2. The van der Waals surface area contributed by atoms with Gasteiger partial charge in [0, 0.05) is 0 Å². The maximum absolute atomic E-state index is 12.8. The molecule has 0 radical (unpaired) electrons. The summed E-state index contributed by atoms with van der Waals surface area (Å²) in [6.45, 7) is -0.314. The summed E-state index contributed by atoms with van der Waals surface area (Å²) in [5.41, 5.74) is -2.36. The monoisotopic (exact) mass is 326 g/mol. The van der Waals surface area contributed by atoms with E-state index in [-0.39, 0.29) is 12.3 Å². The Morgan fingerprint density at radius 3 is 2.30 bits per heavy atom. The highest BCUT2D eigenvalue weighted by atomic mass is 16.5. The molecule has 1 aliphatic heterocycles. The van der Waals surface area contributed by atoms with Crippen LogP contribution in [0.4, 0.5) is 0 Å². The molecule has 1 spiro atoms. The number of carbonyl (C=O) groups excluding carboxylic acids is 4. The van der Waals surface area contributed by atoms with E-state index in [4.69, 9.17) is 4.74 Å². The lowest BCUT2D eigenvalue weighted by Gasteiger charge is -2.55. The Kier molecular flexibility index (Phi) is 5.03. The molecule has 128 valence electrons. The first-order valence-electron chi connectivity index (χ1n) is 7.66. The summed E-state index contributed by atoms with van der Waals surface area (Å²) in [4.78, 5) is 47.9. The van der Waals surface area contributed by atoms with Crippen molar-refractivity contribution in [3.8, 4) is 0 Å². The highest BCUT2D eigenvalue weighted by Crippen LogP contribution is 2.42. The van der Waals surface area contributed by atoms with Gasteiger partial charge in [0.2, 0.25) is 5.91 Å². The molecule has 8 nitrogen and oxygen atoms in total. The number of esters is 2. The highest BCUT2D eigenvalue weighted by Gasteiger charge is 2.67. The van der Waals surface area contributed by atoms with E-state index in [1.54, 1.807) is 0 Å². The summed E-state index contributed by atoms with van der Waals surface area (Å²) in [6, 6.07) is 0. The van der Waals surface area contributed by atoms with E-state index >= 15 is 0 Å². The largest absolute Gasteiger partial charge is 0.468 e. The number of ketones is 1. The van der Waals surface area contributed by atoms with Crippen molar-refractivity contribution < 1.29 is 28.7 Å². The van der Waals surface area contributed by atoms with Crippen LogP contribution in [0.5, 0.6) is 0 Å². The summed E-state index contributed by atoms with van der Waals surface area (Å²) in [5.74, 6) is -2.26. The predicted molar refractivity (Wildman–Crippen MR) is 78.3 cm³/mol. The second-order valence-corrected chi connectivity index (χ2v) is 6.02. The van der Waals surface area contributed by atoms with E-state index in [0.717, 1.165) is 19.3 Å². The number of ether oxygens (including phenoxy) is 2. The molecule has 0 bridgehead atoms. The third-order valence-electron chi connectivity index (χ3n) is 4.60. The minimum atomic E-state index is -1.65. The Bertz CT molecular complexity index is 526. The van der Waals surface area contributed by atoms with Crippen molar-refractivity contribution in [1.82, 2.24) is 10.6 Å². The standard InChI is InChI=1S/C15H22N2O6/c1-22-11(19)9-16-10(18)8-15(13(21)23-2)12(20)14(17-15)6-4-3-5-7-14/h17H,3-9H2,1-2H3,(H,16,18). The zero-order chi connectivity index (χ0) is 17.1.